The Morgan fingerprint density at radius 1 is 1.03 bits per heavy atom. The summed E-state index contributed by atoms with van der Waals surface area (Å²) in [6.07, 6.45) is 3.69. The van der Waals surface area contributed by atoms with Gasteiger partial charge in [0.15, 0.2) is 0 Å². The molecule has 156 valence electrons. The Labute approximate surface area is 178 Å². The first-order chi connectivity index (χ1) is 14.4. The predicted molar refractivity (Wildman–Crippen MR) is 115 cm³/mol. The van der Waals surface area contributed by atoms with Crippen LogP contribution in [0.5, 0.6) is 0 Å². The molecule has 0 atom stereocenters. The summed E-state index contributed by atoms with van der Waals surface area (Å²) in [5.74, 6) is -0.878. The fourth-order valence-corrected chi connectivity index (χ4v) is 4.28. The number of hydrogen-bond acceptors (Lipinski definition) is 6. The van der Waals surface area contributed by atoms with Crippen molar-refractivity contribution in [3.63, 3.8) is 0 Å². The number of pyridine rings is 1. The van der Waals surface area contributed by atoms with Crippen molar-refractivity contribution in [1.82, 2.24) is 15.0 Å². The molecule has 0 saturated carbocycles. The fraction of sp³-hybridized carbons (Fsp3) is 0.150. The molecule has 0 aliphatic carbocycles. The lowest BCUT2D eigenvalue weighted by atomic mass is 10.2. The van der Waals surface area contributed by atoms with Gasteiger partial charge in [-0.25, -0.2) is 13.1 Å². The van der Waals surface area contributed by atoms with Crippen molar-refractivity contribution in [2.24, 2.45) is 0 Å². The second kappa shape index (κ2) is 10.1. The predicted octanol–water partition coefficient (Wildman–Crippen LogP) is 2.03. The maximum atomic E-state index is 12.4. The van der Waals surface area contributed by atoms with E-state index in [-0.39, 0.29) is 23.5 Å². The molecule has 0 fully saturated rings. The van der Waals surface area contributed by atoms with Gasteiger partial charge in [-0.1, -0.05) is 6.07 Å². The third-order valence-corrected chi connectivity index (χ3v) is 6.44. The molecule has 3 aromatic rings. The quantitative estimate of drug-likeness (QED) is 0.467. The van der Waals surface area contributed by atoms with Crippen LogP contribution >= 0.6 is 11.3 Å². The van der Waals surface area contributed by atoms with Gasteiger partial charge < -0.3 is 10.6 Å². The number of anilines is 1. The molecule has 30 heavy (non-hydrogen) atoms. The third-order valence-electron chi connectivity index (χ3n) is 4.03. The maximum Gasteiger partial charge on any atom is 0.251 e. The normalized spacial score (nSPS) is 11.1. The van der Waals surface area contributed by atoms with Crippen molar-refractivity contribution in [2.75, 3.05) is 18.4 Å². The fourth-order valence-electron chi connectivity index (χ4n) is 2.54. The number of carbonyl (C=O) groups excluding carboxylic acids is 2. The molecule has 0 aliphatic rings. The number of hydrogen-bond donors (Lipinski definition) is 3. The summed E-state index contributed by atoms with van der Waals surface area (Å²) in [6.45, 7) is 0.0647. The Bertz CT molecular complexity index is 1080. The number of rotatable bonds is 9. The van der Waals surface area contributed by atoms with Crippen LogP contribution in [-0.4, -0.2) is 38.3 Å². The van der Waals surface area contributed by atoms with Crippen molar-refractivity contribution in [3.05, 3.63) is 76.7 Å². The number of benzene rings is 1. The van der Waals surface area contributed by atoms with Gasteiger partial charge in [0.1, 0.15) is 0 Å². The summed E-state index contributed by atoms with van der Waals surface area (Å²) in [4.78, 5) is 29.1. The minimum atomic E-state index is -3.66. The van der Waals surface area contributed by atoms with Crippen molar-refractivity contribution in [3.8, 4) is 0 Å². The van der Waals surface area contributed by atoms with E-state index >= 15 is 0 Å². The highest BCUT2D eigenvalue weighted by atomic mass is 32.2. The van der Waals surface area contributed by atoms with Gasteiger partial charge in [0.25, 0.3) is 5.91 Å². The van der Waals surface area contributed by atoms with Crippen LogP contribution in [0.4, 0.5) is 5.69 Å². The molecule has 0 bridgehead atoms. The minimum absolute atomic E-state index is 0.0690. The number of thiophene rings is 1. The first kappa shape index (κ1) is 21.6. The van der Waals surface area contributed by atoms with Gasteiger partial charge in [-0.15, -0.1) is 11.3 Å². The highest BCUT2D eigenvalue weighted by Crippen LogP contribution is 2.12. The van der Waals surface area contributed by atoms with Crippen LogP contribution < -0.4 is 15.4 Å². The average molecular weight is 445 g/mol. The van der Waals surface area contributed by atoms with Gasteiger partial charge >= 0.3 is 0 Å². The Balaban J connectivity index is 1.50. The molecule has 0 unspecified atom stereocenters. The second-order valence-corrected chi connectivity index (χ2v) is 9.02. The summed E-state index contributed by atoms with van der Waals surface area (Å²) < 4.78 is 27.3. The average Bonchev–Trinajstić information content (AvgIpc) is 3.26. The summed E-state index contributed by atoms with van der Waals surface area (Å²) >= 11 is 1.57. The summed E-state index contributed by atoms with van der Waals surface area (Å²) in [7, 11) is -3.66. The Kier molecular flexibility index (Phi) is 7.28. The molecule has 2 amide bonds. The van der Waals surface area contributed by atoms with Crippen molar-refractivity contribution >= 4 is 38.9 Å². The Hall–Kier alpha value is -3.08. The van der Waals surface area contributed by atoms with E-state index in [9.17, 15) is 18.0 Å². The standard InChI is InChI=1S/C20H20N4O4S2/c25-19(24-16-3-1-10-21-13-16)14-22-20(26)15-5-7-18(8-6-15)30(27,28)23-11-9-17-4-2-12-29-17/h1-8,10,12-13,23H,9,11,14H2,(H,22,26)(H,24,25). The number of aromatic nitrogens is 1. The highest BCUT2D eigenvalue weighted by molar-refractivity contribution is 7.89. The number of nitrogens with zero attached hydrogens (tertiary/aromatic N) is 1. The molecule has 0 spiro atoms. The molecular weight excluding hydrogens is 424 g/mol. The number of sulfonamides is 1. The van der Waals surface area contributed by atoms with E-state index in [1.54, 1.807) is 29.7 Å². The van der Waals surface area contributed by atoms with E-state index < -0.39 is 21.8 Å². The van der Waals surface area contributed by atoms with E-state index in [0.717, 1.165) is 4.88 Å². The van der Waals surface area contributed by atoms with Crippen LogP contribution in [0.1, 0.15) is 15.2 Å². The van der Waals surface area contributed by atoms with Gasteiger partial charge in [0.05, 0.1) is 23.3 Å². The van der Waals surface area contributed by atoms with Gasteiger partial charge in [0, 0.05) is 23.2 Å². The Morgan fingerprint density at radius 3 is 2.50 bits per heavy atom. The first-order valence-electron chi connectivity index (χ1n) is 9.04. The number of amides is 2. The summed E-state index contributed by atoms with van der Waals surface area (Å²) in [5.41, 5.74) is 0.777. The van der Waals surface area contributed by atoms with Gasteiger partial charge in [-0.2, -0.15) is 0 Å². The third kappa shape index (κ3) is 6.21. The first-order valence-corrected chi connectivity index (χ1v) is 11.4. The van der Waals surface area contributed by atoms with Crippen LogP contribution in [0, 0.1) is 0 Å². The Morgan fingerprint density at radius 2 is 1.83 bits per heavy atom. The molecule has 1 aromatic carbocycles. The summed E-state index contributed by atoms with van der Waals surface area (Å²) in [6, 6.07) is 12.8. The molecule has 2 aromatic heterocycles. The lowest BCUT2D eigenvalue weighted by molar-refractivity contribution is -0.115. The van der Waals surface area contributed by atoms with Gasteiger partial charge in [-0.3, -0.25) is 14.6 Å². The van der Waals surface area contributed by atoms with E-state index in [1.807, 2.05) is 17.5 Å². The zero-order chi connectivity index (χ0) is 21.4. The molecule has 3 rings (SSSR count). The largest absolute Gasteiger partial charge is 0.343 e. The van der Waals surface area contributed by atoms with Gasteiger partial charge in [-0.05, 0) is 54.3 Å². The molecule has 2 heterocycles. The second-order valence-electron chi connectivity index (χ2n) is 6.22. The highest BCUT2D eigenvalue weighted by Gasteiger charge is 2.15. The minimum Gasteiger partial charge on any atom is -0.343 e. The SMILES string of the molecule is O=C(CNC(=O)c1ccc(S(=O)(=O)NCCc2cccs2)cc1)Nc1cccnc1. The van der Waals surface area contributed by atoms with Crippen LogP contribution in [0.2, 0.25) is 0 Å². The molecule has 10 heteroatoms. The topological polar surface area (TPSA) is 117 Å². The van der Waals surface area contributed by atoms with Crippen molar-refractivity contribution in [2.45, 2.75) is 11.3 Å². The van der Waals surface area contributed by atoms with E-state index in [2.05, 4.69) is 20.3 Å². The zero-order valence-electron chi connectivity index (χ0n) is 15.9. The van der Waals surface area contributed by atoms with E-state index in [1.165, 1.54) is 30.5 Å². The van der Waals surface area contributed by atoms with Crippen LogP contribution in [0.3, 0.4) is 0 Å². The van der Waals surface area contributed by atoms with E-state index in [0.29, 0.717) is 12.1 Å². The van der Waals surface area contributed by atoms with Crippen LogP contribution in [-0.2, 0) is 21.2 Å². The molecule has 8 nitrogen and oxygen atoms in total. The lowest BCUT2D eigenvalue weighted by Gasteiger charge is -2.08. The summed E-state index contributed by atoms with van der Waals surface area (Å²) in [5, 5.41) is 7.04. The monoisotopic (exact) mass is 444 g/mol. The lowest BCUT2D eigenvalue weighted by Crippen LogP contribution is -2.33. The van der Waals surface area contributed by atoms with Crippen LogP contribution in [0.15, 0.2) is 71.2 Å². The smallest absolute Gasteiger partial charge is 0.251 e. The molecule has 0 saturated heterocycles. The van der Waals surface area contributed by atoms with Gasteiger partial charge in [0.2, 0.25) is 15.9 Å². The van der Waals surface area contributed by atoms with E-state index in [4.69, 9.17) is 0 Å². The molecule has 3 N–H and O–H groups in total. The van der Waals surface area contributed by atoms with Crippen molar-refractivity contribution in [1.29, 1.82) is 0 Å². The number of nitrogens with one attached hydrogen (secondary N) is 3. The number of carbonyl (C=O) groups is 2. The van der Waals surface area contributed by atoms with Crippen LogP contribution in [0.25, 0.3) is 0 Å². The molecule has 0 aliphatic heterocycles. The van der Waals surface area contributed by atoms with Crippen molar-refractivity contribution < 1.29 is 18.0 Å². The molecule has 0 radical (unpaired) electrons. The maximum absolute atomic E-state index is 12.4. The zero-order valence-corrected chi connectivity index (χ0v) is 17.5. The molecular formula is C20H20N4O4S2.